The van der Waals surface area contributed by atoms with E-state index in [-0.39, 0.29) is 29.4 Å². The van der Waals surface area contributed by atoms with Gasteiger partial charge >= 0.3 is 5.97 Å². The van der Waals surface area contributed by atoms with Crippen molar-refractivity contribution >= 4 is 5.97 Å². The molecule has 0 aliphatic carbocycles. The highest BCUT2D eigenvalue weighted by Gasteiger charge is 2.84. The van der Waals surface area contributed by atoms with Crippen molar-refractivity contribution < 1.29 is 23.7 Å². The zero-order valence-corrected chi connectivity index (χ0v) is 17.2. The van der Waals surface area contributed by atoms with E-state index >= 15 is 0 Å². The minimum atomic E-state index is -0.625. The first-order chi connectivity index (χ1) is 14.0. The van der Waals surface area contributed by atoms with Crippen LogP contribution in [0.5, 0.6) is 0 Å². The molecule has 0 aromatic carbocycles. The SMILES string of the molecule is C=CCNC[C@@]12[C@@H]3C[C@H]4[C@H]5[C@H](C)/C(=C6/OC(=O)C(C)=C6OC)O[C@]5(O3)[C@H]1CCN42. The summed E-state index contributed by atoms with van der Waals surface area (Å²) < 4.78 is 24.6. The summed E-state index contributed by atoms with van der Waals surface area (Å²) in [6.07, 6.45) is 4.19. The van der Waals surface area contributed by atoms with Crippen molar-refractivity contribution in [2.24, 2.45) is 17.8 Å². The fourth-order valence-corrected chi connectivity index (χ4v) is 7.41. The number of carbonyl (C=O) groups excluding carboxylic acids is 1. The van der Waals surface area contributed by atoms with E-state index in [9.17, 15) is 4.79 Å². The van der Waals surface area contributed by atoms with Crippen LogP contribution in [-0.2, 0) is 23.7 Å². The van der Waals surface area contributed by atoms with E-state index < -0.39 is 5.79 Å². The summed E-state index contributed by atoms with van der Waals surface area (Å²) in [5.41, 5.74) is 0.481. The Labute approximate surface area is 170 Å². The molecule has 1 spiro atoms. The molecule has 8 atom stereocenters. The maximum Gasteiger partial charge on any atom is 0.343 e. The smallest absolute Gasteiger partial charge is 0.343 e. The van der Waals surface area contributed by atoms with Gasteiger partial charge in [-0.05, 0) is 26.3 Å². The Morgan fingerprint density at radius 1 is 1.45 bits per heavy atom. The van der Waals surface area contributed by atoms with Crippen molar-refractivity contribution in [2.75, 3.05) is 26.7 Å². The van der Waals surface area contributed by atoms with Gasteiger partial charge < -0.3 is 24.3 Å². The molecule has 0 aromatic rings. The first-order valence-corrected chi connectivity index (χ1v) is 10.7. The van der Waals surface area contributed by atoms with Gasteiger partial charge in [-0.2, -0.15) is 0 Å². The van der Waals surface area contributed by atoms with E-state index in [4.69, 9.17) is 18.9 Å². The van der Waals surface area contributed by atoms with Gasteiger partial charge in [0, 0.05) is 31.0 Å². The monoisotopic (exact) mass is 400 g/mol. The van der Waals surface area contributed by atoms with Crippen LogP contribution < -0.4 is 5.32 Å². The fraction of sp³-hybridized carbons (Fsp3) is 0.682. The molecule has 0 aromatic heterocycles. The Bertz CT molecular complexity index is 880. The predicted octanol–water partition coefficient (Wildman–Crippen LogP) is 1.67. The third kappa shape index (κ3) is 1.84. The molecule has 5 fully saturated rings. The standard InChI is InChI=1S/C22H28N2O5/c1-5-7-23-10-21-14-6-8-24(21)13-9-15(21)28-22(14)16(13)11(2)18(29-22)19-17(26-4)12(3)20(25)27-19/h5,11,13-16,23H,1,6-10H2,2-4H3/b19-18-/t11-,13-,14-,15-,16+,21-,22+/m0/s1. The lowest BCUT2D eigenvalue weighted by atomic mass is 9.71. The quantitative estimate of drug-likeness (QED) is 0.428. The number of nitrogens with zero attached hydrogens (tertiary/aromatic N) is 1. The highest BCUT2D eigenvalue weighted by Crippen LogP contribution is 2.72. The molecule has 5 bridgehead atoms. The van der Waals surface area contributed by atoms with Crippen molar-refractivity contribution in [3.63, 3.8) is 0 Å². The van der Waals surface area contributed by atoms with E-state index in [0.29, 0.717) is 34.8 Å². The summed E-state index contributed by atoms with van der Waals surface area (Å²) in [6.45, 7) is 10.5. The number of hydrogen-bond donors (Lipinski definition) is 1. The molecule has 1 unspecified atom stereocenters. The molecule has 7 nitrogen and oxygen atoms in total. The summed E-state index contributed by atoms with van der Waals surface area (Å²) in [5, 5.41) is 3.56. The Hall–Kier alpha value is -1.83. The predicted molar refractivity (Wildman–Crippen MR) is 103 cm³/mol. The van der Waals surface area contributed by atoms with Crippen LogP contribution >= 0.6 is 0 Å². The van der Waals surface area contributed by atoms with Gasteiger partial charge in [0.15, 0.2) is 5.76 Å². The molecule has 0 radical (unpaired) electrons. The van der Waals surface area contributed by atoms with E-state index in [0.717, 1.165) is 32.5 Å². The number of nitrogens with one attached hydrogen (secondary N) is 1. The number of rotatable bonds is 5. The summed E-state index contributed by atoms with van der Waals surface area (Å²) in [4.78, 5) is 14.9. The van der Waals surface area contributed by atoms with Gasteiger partial charge in [0.05, 0.1) is 30.2 Å². The zero-order valence-electron chi connectivity index (χ0n) is 17.2. The van der Waals surface area contributed by atoms with E-state index in [1.54, 1.807) is 14.0 Å². The lowest BCUT2D eigenvalue weighted by Crippen LogP contribution is -2.64. The molecular weight excluding hydrogens is 372 g/mol. The molecule has 29 heavy (non-hydrogen) atoms. The number of cyclic esters (lactones) is 1. The van der Waals surface area contributed by atoms with Crippen LogP contribution in [0.1, 0.15) is 26.7 Å². The number of carbonyl (C=O) groups is 1. The zero-order chi connectivity index (χ0) is 20.1. The van der Waals surface area contributed by atoms with Crippen molar-refractivity contribution in [1.29, 1.82) is 0 Å². The molecule has 5 saturated heterocycles. The first kappa shape index (κ1) is 18.0. The van der Waals surface area contributed by atoms with Crippen molar-refractivity contribution in [3.8, 4) is 0 Å². The van der Waals surface area contributed by atoms with E-state index in [2.05, 4.69) is 23.7 Å². The Kier molecular flexibility index (Phi) is 3.50. The van der Waals surface area contributed by atoms with Gasteiger partial charge in [-0.3, -0.25) is 4.90 Å². The number of piperidine rings is 1. The maximum atomic E-state index is 12.2. The number of fused-ring (bicyclic) bond motifs is 1. The summed E-state index contributed by atoms with van der Waals surface area (Å²) in [6, 6.07) is 0.430. The molecule has 1 N–H and O–H groups in total. The second-order valence-electron chi connectivity index (χ2n) is 9.23. The largest absolute Gasteiger partial charge is 0.492 e. The van der Waals surface area contributed by atoms with Gasteiger partial charge in [-0.25, -0.2) is 4.79 Å². The third-order valence-corrected chi connectivity index (χ3v) is 8.30. The van der Waals surface area contributed by atoms with Gasteiger partial charge in [-0.1, -0.05) is 13.0 Å². The maximum absolute atomic E-state index is 12.2. The molecule has 6 aliphatic rings. The van der Waals surface area contributed by atoms with Gasteiger partial charge in [0.1, 0.15) is 5.76 Å². The fourth-order valence-electron chi connectivity index (χ4n) is 7.41. The second-order valence-corrected chi connectivity index (χ2v) is 9.23. The van der Waals surface area contributed by atoms with Crippen LogP contribution in [0.4, 0.5) is 0 Å². The van der Waals surface area contributed by atoms with E-state index in [1.807, 2.05) is 6.08 Å². The third-order valence-electron chi connectivity index (χ3n) is 8.30. The minimum absolute atomic E-state index is 0.00773. The Morgan fingerprint density at radius 3 is 3.03 bits per heavy atom. The molecule has 156 valence electrons. The number of hydrogen-bond acceptors (Lipinski definition) is 7. The lowest BCUT2D eigenvalue weighted by molar-refractivity contribution is -0.255. The van der Waals surface area contributed by atoms with E-state index in [1.165, 1.54) is 0 Å². The number of methoxy groups -OCH3 is 1. The van der Waals surface area contributed by atoms with Crippen molar-refractivity contribution in [3.05, 3.63) is 35.5 Å². The number of allylic oxidation sites excluding steroid dienone is 1. The van der Waals surface area contributed by atoms with Crippen LogP contribution in [0.15, 0.2) is 35.5 Å². The molecule has 0 saturated carbocycles. The van der Waals surface area contributed by atoms with Crippen LogP contribution in [0, 0.1) is 17.8 Å². The van der Waals surface area contributed by atoms with Gasteiger partial charge in [0.25, 0.3) is 0 Å². The summed E-state index contributed by atoms with van der Waals surface area (Å²) in [5.74, 6) is 1.29. The normalized spacial score (nSPS) is 50.9. The van der Waals surface area contributed by atoms with Crippen LogP contribution in [-0.4, -0.2) is 61.1 Å². The Morgan fingerprint density at radius 2 is 2.28 bits per heavy atom. The number of ether oxygens (including phenoxy) is 4. The highest BCUT2D eigenvalue weighted by molar-refractivity contribution is 5.93. The van der Waals surface area contributed by atoms with Crippen molar-refractivity contribution in [1.82, 2.24) is 10.2 Å². The van der Waals surface area contributed by atoms with Gasteiger partial charge in [-0.15, -0.1) is 6.58 Å². The van der Waals surface area contributed by atoms with Crippen LogP contribution in [0.25, 0.3) is 0 Å². The summed E-state index contributed by atoms with van der Waals surface area (Å²) in [7, 11) is 1.57. The molecule has 6 rings (SSSR count). The molecule has 6 aliphatic heterocycles. The lowest BCUT2D eigenvalue weighted by Gasteiger charge is -2.48. The average molecular weight is 400 g/mol. The average Bonchev–Trinajstić information content (AvgIpc) is 3.40. The topological polar surface area (TPSA) is 69.3 Å². The first-order valence-electron chi connectivity index (χ1n) is 10.7. The molecule has 7 heteroatoms. The summed E-state index contributed by atoms with van der Waals surface area (Å²) >= 11 is 0. The molecular formula is C22H28N2O5. The van der Waals surface area contributed by atoms with Crippen LogP contribution in [0.2, 0.25) is 0 Å². The van der Waals surface area contributed by atoms with Crippen LogP contribution in [0.3, 0.4) is 0 Å². The highest BCUT2D eigenvalue weighted by atomic mass is 16.7. The minimum Gasteiger partial charge on any atom is -0.492 e. The second kappa shape index (κ2) is 5.65. The number of esters is 1. The van der Waals surface area contributed by atoms with Gasteiger partial charge in [0.2, 0.25) is 11.5 Å². The molecule has 0 amide bonds. The Balaban J connectivity index is 1.43. The molecule has 6 heterocycles. The van der Waals surface area contributed by atoms with Crippen molar-refractivity contribution in [2.45, 2.75) is 50.2 Å².